The zero-order valence-electron chi connectivity index (χ0n) is 14.1. The highest BCUT2D eigenvalue weighted by molar-refractivity contribution is 7.13. The van der Waals surface area contributed by atoms with Gasteiger partial charge in [-0.1, -0.05) is 24.3 Å². The third kappa shape index (κ3) is 3.50. The van der Waals surface area contributed by atoms with Gasteiger partial charge in [-0.25, -0.2) is 9.97 Å². The largest absolute Gasteiger partial charge is 0.352 e. The Morgan fingerprint density at radius 2 is 2.12 bits per heavy atom. The number of amides is 1. The Labute approximate surface area is 155 Å². The van der Waals surface area contributed by atoms with Crippen LogP contribution in [0.1, 0.15) is 16.8 Å². The second-order valence-electron chi connectivity index (χ2n) is 5.96. The summed E-state index contributed by atoms with van der Waals surface area (Å²) in [6.07, 6.45) is 6.31. The number of hydrogen-bond acceptors (Lipinski definition) is 4. The maximum absolute atomic E-state index is 12.8. The first-order chi connectivity index (χ1) is 12.8. The SMILES string of the molecule is O=C(NCCCn1ccnc1)c1cc(-c2cccs2)nc2ccccc12. The number of nitrogens with one attached hydrogen (secondary N) is 1. The van der Waals surface area contributed by atoms with E-state index in [0.29, 0.717) is 12.1 Å². The lowest BCUT2D eigenvalue weighted by Crippen LogP contribution is -2.25. The van der Waals surface area contributed by atoms with Gasteiger partial charge in [0.25, 0.3) is 5.91 Å². The first kappa shape index (κ1) is 16.5. The number of carbonyl (C=O) groups excluding carboxylic acids is 1. The summed E-state index contributed by atoms with van der Waals surface area (Å²) in [5.74, 6) is -0.0629. The monoisotopic (exact) mass is 362 g/mol. The standard InChI is InChI=1S/C20H18N4OS/c25-20(22-8-4-10-24-11-9-21-14-24)16-13-18(19-7-3-12-26-19)23-17-6-2-1-5-15(16)17/h1-3,5-7,9,11-14H,4,8,10H2,(H,22,25). The number of nitrogens with zero attached hydrogens (tertiary/aromatic N) is 3. The molecule has 5 nitrogen and oxygen atoms in total. The predicted octanol–water partition coefficient (Wildman–Crippen LogP) is 3.98. The molecule has 0 radical (unpaired) electrons. The average molecular weight is 362 g/mol. The molecule has 1 amide bonds. The molecule has 0 saturated heterocycles. The van der Waals surface area contributed by atoms with E-state index in [-0.39, 0.29) is 5.91 Å². The van der Waals surface area contributed by atoms with Crippen LogP contribution in [0.25, 0.3) is 21.5 Å². The number of rotatable bonds is 6. The summed E-state index contributed by atoms with van der Waals surface area (Å²) >= 11 is 1.62. The Bertz CT molecular complexity index is 1010. The number of fused-ring (bicyclic) bond motifs is 1. The summed E-state index contributed by atoms with van der Waals surface area (Å²) in [5, 5.41) is 5.92. The Kier molecular flexibility index (Phi) is 4.75. The van der Waals surface area contributed by atoms with Gasteiger partial charge in [0.05, 0.1) is 28.0 Å². The van der Waals surface area contributed by atoms with Crippen LogP contribution < -0.4 is 5.32 Å². The molecule has 1 N–H and O–H groups in total. The van der Waals surface area contributed by atoms with Crippen LogP contribution in [0.4, 0.5) is 0 Å². The van der Waals surface area contributed by atoms with Gasteiger partial charge in [-0.05, 0) is 30.0 Å². The van der Waals surface area contributed by atoms with Crippen molar-refractivity contribution in [2.75, 3.05) is 6.54 Å². The molecule has 6 heteroatoms. The van der Waals surface area contributed by atoms with Gasteiger partial charge in [-0.3, -0.25) is 4.79 Å². The van der Waals surface area contributed by atoms with Crippen molar-refractivity contribution in [1.29, 1.82) is 0 Å². The van der Waals surface area contributed by atoms with Gasteiger partial charge < -0.3 is 9.88 Å². The lowest BCUT2D eigenvalue weighted by molar-refractivity contribution is 0.0954. The first-order valence-electron chi connectivity index (χ1n) is 8.49. The quantitative estimate of drug-likeness (QED) is 0.528. The van der Waals surface area contributed by atoms with Crippen LogP contribution in [-0.2, 0) is 6.54 Å². The Hall–Kier alpha value is -2.99. The van der Waals surface area contributed by atoms with E-state index in [1.165, 1.54) is 0 Å². The minimum Gasteiger partial charge on any atom is -0.352 e. The molecule has 0 saturated carbocycles. The second kappa shape index (κ2) is 7.49. The number of thiophene rings is 1. The van der Waals surface area contributed by atoms with Crippen molar-refractivity contribution >= 4 is 28.1 Å². The first-order valence-corrected chi connectivity index (χ1v) is 9.37. The molecule has 130 valence electrons. The Morgan fingerprint density at radius 1 is 1.19 bits per heavy atom. The number of benzene rings is 1. The zero-order chi connectivity index (χ0) is 17.8. The van der Waals surface area contributed by atoms with Crippen LogP contribution in [0, 0.1) is 0 Å². The molecule has 0 bridgehead atoms. The molecular weight excluding hydrogens is 344 g/mol. The van der Waals surface area contributed by atoms with Crippen molar-refractivity contribution in [3.05, 3.63) is 72.1 Å². The van der Waals surface area contributed by atoms with Crippen LogP contribution in [0.2, 0.25) is 0 Å². The minimum atomic E-state index is -0.0629. The van der Waals surface area contributed by atoms with Gasteiger partial charge in [-0.15, -0.1) is 11.3 Å². The van der Waals surface area contributed by atoms with Crippen LogP contribution in [0.3, 0.4) is 0 Å². The normalized spacial score (nSPS) is 10.9. The van der Waals surface area contributed by atoms with E-state index < -0.39 is 0 Å². The van der Waals surface area contributed by atoms with Crippen LogP contribution in [0.15, 0.2) is 66.6 Å². The van der Waals surface area contributed by atoms with E-state index in [1.807, 2.05) is 58.6 Å². The highest BCUT2D eigenvalue weighted by Gasteiger charge is 2.13. The molecule has 3 aromatic heterocycles. The highest BCUT2D eigenvalue weighted by atomic mass is 32.1. The molecule has 1 aromatic carbocycles. The van der Waals surface area contributed by atoms with Crippen molar-refractivity contribution in [3.8, 4) is 10.6 Å². The number of pyridine rings is 1. The molecular formula is C20H18N4OS. The fourth-order valence-corrected chi connectivity index (χ4v) is 3.58. The van der Waals surface area contributed by atoms with Gasteiger partial charge in [0.2, 0.25) is 0 Å². The lowest BCUT2D eigenvalue weighted by Gasteiger charge is -2.10. The number of aryl methyl sites for hydroxylation is 1. The van der Waals surface area contributed by atoms with E-state index in [0.717, 1.165) is 34.4 Å². The topological polar surface area (TPSA) is 59.8 Å². The molecule has 26 heavy (non-hydrogen) atoms. The van der Waals surface area contributed by atoms with Crippen molar-refractivity contribution in [3.63, 3.8) is 0 Å². The van der Waals surface area contributed by atoms with E-state index in [2.05, 4.69) is 10.3 Å². The summed E-state index contributed by atoms with van der Waals surface area (Å²) in [7, 11) is 0. The molecule has 0 aliphatic rings. The van der Waals surface area contributed by atoms with Crippen molar-refractivity contribution < 1.29 is 4.79 Å². The molecule has 4 rings (SSSR count). The molecule has 0 aliphatic heterocycles. The van der Waals surface area contributed by atoms with Crippen LogP contribution in [-0.4, -0.2) is 27.0 Å². The molecule has 0 unspecified atom stereocenters. The zero-order valence-corrected chi connectivity index (χ0v) is 14.9. The van der Waals surface area contributed by atoms with Gasteiger partial charge in [0, 0.05) is 30.9 Å². The summed E-state index contributed by atoms with van der Waals surface area (Å²) in [6.45, 7) is 1.44. The summed E-state index contributed by atoms with van der Waals surface area (Å²) in [5.41, 5.74) is 2.34. The summed E-state index contributed by atoms with van der Waals surface area (Å²) < 4.78 is 2.00. The maximum atomic E-state index is 12.8. The molecule has 0 spiro atoms. The molecule has 4 aromatic rings. The molecule has 0 fully saturated rings. The minimum absolute atomic E-state index is 0.0629. The van der Waals surface area contributed by atoms with Crippen molar-refractivity contribution in [2.24, 2.45) is 0 Å². The van der Waals surface area contributed by atoms with E-state index in [9.17, 15) is 4.79 Å². The second-order valence-corrected chi connectivity index (χ2v) is 6.91. The average Bonchev–Trinajstić information content (AvgIpc) is 3.38. The van der Waals surface area contributed by atoms with Crippen molar-refractivity contribution in [2.45, 2.75) is 13.0 Å². The van der Waals surface area contributed by atoms with Gasteiger partial charge >= 0.3 is 0 Å². The van der Waals surface area contributed by atoms with E-state index in [1.54, 1.807) is 23.9 Å². The van der Waals surface area contributed by atoms with Crippen LogP contribution >= 0.6 is 11.3 Å². The smallest absolute Gasteiger partial charge is 0.252 e. The number of imidazole rings is 1. The third-order valence-electron chi connectivity index (χ3n) is 4.17. The van der Waals surface area contributed by atoms with E-state index >= 15 is 0 Å². The van der Waals surface area contributed by atoms with Gasteiger partial charge in [-0.2, -0.15) is 0 Å². The molecule has 0 aliphatic carbocycles. The van der Waals surface area contributed by atoms with Gasteiger partial charge in [0.15, 0.2) is 0 Å². The molecule has 3 heterocycles. The van der Waals surface area contributed by atoms with Gasteiger partial charge in [0.1, 0.15) is 0 Å². The van der Waals surface area contributed by atoms with Crippen LogP contribution in [0.5, 0.6) is 0 Å². The highest BCUT2D eigenvalue weighted by Crippen LogP contribution is 2.27. The Morgan fingerprint density at radius 3 is 2.92 bits per heavy atom. The van der Waals surface area contributed by atoms with E-state index in [4.69, 9.17) is 4.98 Å². The third-order valence-corrected chi connectivity index (χ3v) is 5.06. The van der Waals surface area contributed by atoms with Crippen molar-refractivity contribution in [1.82, 2.24) is 19.9 Å². The lowest BCUT2D eigenvalue weighted by atomic mass is 10.1. The fraction of sp³-hybridized carbons (Fsp3) is 0.150. The summed E-state index contributed by atoms with van der Waals surface area (Å²) in [4.78, 5) is 22.6. The number of aromatic nitrogens is 3. The maximum Gasteiger partial charge on any atom is 0.252 e. The predicted molar refractivity (Wildman–Crippen MR) is 104 cm³/mol. The number of para-hydroxylation sites is 1. The molecule has 0 atom stereocenters. The Balaban J connectivity index is 1.55. The number of hydrogen-bond donors (Lipinski definition) is 1. The fourth-order valence-electron chi connectivity index (χ4n) is 2.89. The number of carbonyl (C=O) groups is 1. The summed E-state index contributed by atoms with van der Waals surface area (Å²) in [6, 6.07) is 13.7.